The van der Waals surface area contributed by atoms with Crippen molar-refractivity contribution in [3.05, 3.63) is 59.5 Å². The van der Waals surface area contributed by atoms with Gasteiger partial charge < -0.3 is 10.2 Å². The maximum Gasteiger partial charge on any atom is 0.219 e. The Morgan fingerprint density at radius 3 is 2.76 bits per heavy atom. The molecule has 0 saturated heterocycles. The third-order valence-electron chi connectivity index (χ3n) is 7.71. The highest BCUT2D eigenvalue weighted by atomic mass is 16.2. The number of hydrogen-bond donors (Lipinski definition) is 1. The smallest absolute Gasteiger partial charge is 0.219 e. The Morgan fingerprint density at radius 2 is 1.97 bits per heavy atom. The largest absolute Gasteiger partial charge is 0.370 e. The van der Waals surface area contributed by atoms with Crippen molar-refractivity contribution in [1.29, 1.82) is 0 Å². The standard InChI is InChI=1S/C28H35N5O/c1-3-25(21-9-11-26-27(18-21)30-14-13-29-26)22-16-24(17-22)33(19(2)34)15-5-7-23-10-8-20-6-4-12-31-28(20)32-23/h8-11,13-14,18,22,24-25H,3-7,12,15-17H2,1-2H3,(H,31,32). The number of hydrogen-bond acceptors (Lipinski definition) is 5. The number of aromatic nitrogens is 3. The number of carbonyl (C=O) groups excluding carboxylic acids is 1. The van der Waals surface area contributed by atoms with Crippen LogP contribution in [0.2, 0.25) is 0 Å². The van der Waals surface area contributed by atoms with Crippen molar-refractivity contribution >= 4 is 22.8 Å². The molecular formula is C28H35N5O. The van der Waals surface area contributed by atoms with E-state index in [4.69, 9.17) is 4.98 Å². The lowest BCUT2D eigenvalue weighted by Gasteiger charge is -2.46. The lowest BCUT2D eigenvalue weighted by molar-refractivity contribution is -0.134. The van der Waals surface area contributed by atoms with Crippen LogP contribution in [0, 0.1) is 5.92 Å². The summed E-state index contributed by atoms with van der Waals surface area (Å²) in [7, 11) is 0. The highest BCUT2D eigenvalue weighted by Crippen LogP contribution is 2.44. The molecule has 1 aliphatic carbocycles. The lowest BCUT2D eigenvalue weighted by Crippen LogP contribution is -2.48. The number of amides is 1. The second kappa shape index (κ2) is 10.1. The second-order valence-electron chi connectivity index (χ2n) is 9.86. The van der Waals surface area contributed by atoms with Crippen molar-refractivity contribution < 1.29 is 4.79 Å². The molecule has 1 atom stereocenters. The molecule has 1 aromatic carbocycles. The van der Waals surface area contributed by atoms with Crippen LogP contribution in [0.3, 0.4) is 0 Å². The third kappa shape index (κ3) is 4.77. The summed E-state index contributed by atoms with van der Waals surface area (Å²) in [5.74, 6) is 2.36. The van der Waals surface area contributed by atoms with Crippen molar-refractivity contribution in [2.24, 2.45) is 5.92 Å². The van der Waals surface area contributed by atoms with E-state index < -0.39 is 0 Å². The predicted molar refractivity (Wildman–Crippen MR) is 136 cm³/mol. The SMILES string of the molecule is CCC(c1ccc2nccnc2c1)C1CC(N(CCCc2ccc3c(n2)NCCC3)C(C)=O)C1. The summed E-state index contributed by atoms with van der Waals surface area (Å²) in [6.45, 7) is 5.80. The van der Waals surface area contributed by atoms with Crippen LogP contribution in [-0.2, 0) is 17.6 Å². The molecule has 3 aromatic rings. The zero-order chi connectivity index (χ0) is 23.5. The van der Waals surface area contributed by atoms with Crippen molar-refractivity contribution in [3.8, 4) is 0 Å². The number of aryl methyl sites for hydroxylation is 2. The molecule has 1 fully saturated rings. The molecular weight excluding hydrogens is 422 g/mol. The van der Waals surface area contributed by atoms with Gasteiger partial charge in [-0.05, 0) is 86.1 Å². The first-order valence-corrected chi connectivity index (χ1v) is 12.8. The third-order valence-corrected chi connectivity index (χ3v) is 7.71. The molecule has 6 heteroatoms. The van der Waals surface area contributed by atoms with Crippen LogP contribution in [0.25, 0.3) is 11.0 Å². The molecule has 1 N–H and O–H groups in total. The molecule has 0 spiro atoms. The number of nitrogens with zero attached hydrogens (tertiary/aromatic N) is 4. The molecule has 34 heavy (non-hydrogen) atoms. The molecule has 5 rings (SSSR count). The number of carbonyl (C=O) groups is 1. The summed E-state index contributed by atoms with van der Waals surface area (Å²) < 4.78 is 0. The highest BCUT2D eigenvalue weighted by Gasteiger charge is 2.39. The zero-order valence-electron chi connectivity index (χ0n) is 20.3. The minimum absolute atomic E-state index is 0.192. The summed E-state index contributed by atoms with van der Waals surface area (Å²) in [5, 5.41) is 3.42. The lowest BCUT2D eigenvalue weighted by atomic mass is 9.68. The number of benzene rings is 1. The van der Waals surface area contributed by atoms with Crippen LogP contribution >= 0.6 is 0 Å². The van der Waals surface area contributed by atoms with E-state index in [0.717, 1.165) is 74.2 Å². The van der Waals surface area contributed by atoms with Crippen LogP contribution in [0.5, 0.6) is 0 Å². The molecule has 1 unspecified atom stereocenters. The van der Waals surface area contributed by atoms with Crippen molar-refractivity contribution in [2.75, 3.05) is 18.4 Å². The second-order valence-corrected chi connectivity index (χ2v) is 9.86. The number of anilines is 1. The molecule has 0 bridgehead atoms. The summed E-state index contributed by atoms with van der Waals surface area (Å²) >= 11 is 0. The van der Waals surface area contributed by atoms with Gasteiger partial charge in [0.05, 0.1) is 11.0 Å². The number of pyridine rings is 1. The minimum Gasteiger partial charge on any atom is -0.370 e. The van der Waals surface area contributed by atoms with Crippen molar-refractivity contribution in [2.45, 2.75) is 70.8 Å². The van der Waals surface area contributed by atoms with Gasteiger partial charge in [-0.25, -0.2) is 4.98 Å². The molecule has 0 radical (unpaired) electrons. The Kier molecular flexibility index (Phi) is 6.75. The zero-order valence-corrected chi connectivity index (χ0v) is 20.3. The first-order chi connectivity index (χ1) is 16.6. The van der Waals surface area contributed by atoms with Gasteiger partial charge in [-0.1, -0.05) is 19.1 Å². The van der Waals surface area contributed by atoms with Gasteiger partial charge in [-0.2, -0.15) is 0 Å². The molecule has 1 amide bonds. The quantitative estimate of drug-likeness (QED) is 0.507. The summed E-state index contributed by atoms with van der Waals surface area (Å²) in [4.78, 5) is 28.3. The number of nitrogens with one attached hydrogen (secondary N) is 1. The van der Waals surface area contributed by atoms with Gasteiger partial charge in [0.15, 0.2) is 0 Å². The molecule has 6 nitrogen and oxygen atoms in total. The Bertz CT molecular complexity index is 1160. The predicted octanol–water partition coefficient (Wildman–Crippen LogP) is 5.14. The van der Waals surface area contributed by atoms with E-state index in [1.54, 1.807) is 19.3 Å². The Balaban J connectivity index is 1.17. The Labute approximate surface area is 202 Å². The Morgan fingerprint density at radius 1 is 1.15 bits per heavy atom. The average molecular weight is 458 g/mol. The van der Waals surface area contributed by atoms with Crippen LogP contribution in [0.1, 0.15) is 68.7 Å². The van der Waals surface area contributed by atoms with Crippen LogP contribution in [0.15, 0.2) is 42.7 Å². The summed E-state index contributed by atoms with van der Waals surface area (Å²) in [6, 6.07) is 11.2. The van der Waals surface area contributed by atoms with E-state index >= 15 is 0 Å². The van der Waals surface area contributed by atoms with Gasteiger partial charge in [0.25, 0.3) is 0 Å². The van der Waals surface area contributed by atoms with Crippen molar-refractivity contribution in [1.82, 2.24) is 19.9 Å². The van der Waals surface area contributed by atoms with Crippen molar-refractivity contribution in [3.63, 3.8) is 0 Å². The fraction of sp³-hybridized carbons (Fsp3) is 0.500. The molecule has 2 aliphatic rings. The minimum atomic E-state index is 0.192. The van der Waals surface area contributed by atoms with E-state index in [0.29, 0.717) is 17.9 Å². The number of rotatable bonds is 8. The topological polar surface area (TPSA) is 71.0 Å². The van der Waals surface area contributed by atoms with Gasteiger partial charge in [-0.3, -0.25) is 14.8 Å². The fourth-order valence-electron chi connectivity index (χ4n) is 5.80. The van der Waals surface area contributed by atoms with Crippen LogP contribution in [-0.4, -0.2) is 44.9 Å². The monoisotopic (exact) mass is 457 g/mol. The van der Waals surface area contributed by atoms with E-state index in [9.17, 15) is 4.79 Å². The van der Waals surface area contributed by atoms with Crippen LogP contribution < -0.4 is 5.32 Å². The molecule has 1 aliphatic heterocycles. The molecule has 178 valence electrons. The highest BCUT2D eigenvalue weighted by molar-refractivity contribution is 5.75. The maximum absolute atomic E-state index is 12.5. The van der Waals surface area contributed by atoms with E-state index in [-0.39, 0.29) is 5.91 Å². The average Bonchev–Trinajstić information content (AvgIpc) is 2.84. The van der Waals surface area contributed by atoms with E-state index in [1.165, 1.54) is 17.5 Å². The van der Waals surface area contributed by atoms with Crippen LogP contribution in [0.4, 0.5) is 5.82 Å². The molecule has 2 aromatic heterocycles. The number of fused-ring (bicyclic) bond motifs is 2. The molecule has 3 heterocycles. The van der Waals surface area contributed by atoms with Gasteiger partial charge in [0.1, 0.15) is 5.82 Å². The van der Waals surface area contributed by atoms with Gasteiger partial charge in [0.2, 0.25) is 5.91 Å². The normalized spacial score (nSPS) is 20.2. The summed E-state index contributed by atoms with van der Waals surface area (Å²) in [6.07, 6.45) is 10.9. The van der Waals surface area contributed by atoms with Gasteiger partial charge in [-0.15, -0.1) is 0 Å². The first-order valence-electron chi connectivity index (χ1n) is 12.8. The van der Waals surface area contributed by atoms with E-state index in [2.05, 4.69) is 57.4 Å². The maximum atomic E-state index is 12.5. The van der Waals surface area contributed by atoms with E-state index in [1.807, 2.05) is 0 Å². The molecule has 1 saturated carbocycles. The summed E-state index contributed by atoms with van der Waals surface area (Å²) in [5.41, 5.74) is 5.70. The fourth-order valence-corrected chi connectivity index (χ4v) is 5.80. The van der Waals surface area contributed by atoms with Gasteiger partial charge in [0, 0.05) is 44.1 Å². The first kappa shape index (κ1) is 22.8. The Hall–Kier alpha value is -3.02. The van der Waals surface area contributed by atoms with Gasteiger partial charge >= 0.3 is 0 Å².